The first-order valence-corrected chi connectivity index (χ1v) is 14.8. The maximum atomic E-state index is 13.6. The molecule has 0 aliphatic carbocycles. The smallest absolute Gasteiger partial charge is 0.412 e. The van der Waals surface area contributed by atoms with E-state index in [9.17, 15) is 14.4 Å². The lowest BCUT2D eigenvalue weighted by Gasteiger charge is -2.26. The molecule has 1 saturated heterocycles. The van der Waals surface area contributed by atoms with E-state index in [0.717, 1.165) is 43.8 Å². The zero-order valence-electron chi connectivity index (χ0n) is 26.7. The Morgan fingerprint density at radius 1 is 0.886 bits per heavy atom. The summed E-state index contributed by atoms with van der Waals surface area (Å²) in [5, 5.41) is 6.81. The highest BCUT2D eigenvalue weighted by Crippen LogP contribution is 2.39. The van der Waals surface area contributed by atoms with Crippen LogP contribution >= 0.6 is 0 Å². The van der Waals surface area contributed by atoms with Crippen LogP contribution in [-0.4, -0.2) is 74.8 Å². The fourth-order valence-corrected chi connectivity index (χ4v) is 4.89. The van der Waals surface area contributed by atoms with Crippen molar-refractivity contribution >= 4 is 39.9 Å². The van der Waals surface area contributed by atoms with Crippen LogP contribution < -0.4 is 20.1 Å². The minimum atomic E-state index is -0.844. The van der Waals surface area contributed by atoms with Crippen LogP contribution in [0.25, 0.3) is 10.8 Å². The van der Waals surface area contributed by atoms with Gasteiger partial charge in [0, 0.05) is 30.6 Å². The van der Waals surface area contributed by atoms with Crippen molar-refractivity contribution in [3.8, 4) is 11.5 Å². The highest BCUT2D eigenvalue weighted by molar-refractivity contribution is 6.48. The molecule has 1 fully saturated rings. The molecule has 3 aromatic carbocycles. The van der Waals surface area contributed by atoms with Crippen LogP contribution in [0, 0.1) is 0 Å². The number of hydrogen-bond acceptors (Lipinski definition) is 8. The number of morpholine rings is 1. The summed E-state index contributed by atoms with van der Waals surface area (Å²) >= 11 is 0. The van der Waals surface area contributed by atoms with Gasteiger partial charge in [-0.1, -0.05) is 45.0 Å². The summed E-state index contributed by atoms with van der Waals surface area (Å²) in [7, 11) is 1.43. The van der Waals surface area contributed by atoms with Crippen molar-refractivity contribution in [2.45, 2.75) is 52.6 Å². The fraction of sp³-hybridized carbons (Fsp3) is 0.441. The number of ketones is 1. The van der Waals surface area contributed by atoms with Crippen LogP contribution in [0.15, 0.2) is 48.5 Å². The lowest BCUT2D eigenvalue weighted by molar-refractivity contribution is -0.112. The molecule has 2 N–H and O–H groups in total. The number of nitrogens with zero attached hydrogens (tertiary/aromatic N) is 1. The number of methoxy groups -OCH3 is 1. The van der Waals surface area contributed by atoms with E-state index in [1.54, 1.807) is 51.1 Å². The third-order valence-corrected chi connectivity index (χ3v) is 7.15. The van der Waals surface area contributed by atoms with Gasteiger partial charge in [-0.05, 0) is 61.4 Å². The Balaban J connectivity index is 1.59. The van der Waals surface area contributed by atoms with Gasteiger partial charge in [-0.3, -0.25) is 19.8 Å². The van der Waals surface area contributed by atoms with Gasteiger partial charge in [0.25, 0.3) is 11.7 Å². The van der Waals surface area contributed by atoms with Gasteiger partial charge in [0.2, 0.25) is 0 Å². The van der Waals surface area contributed by atoms with Crippen molar-refractivity contribution in [1.29, 1.82) is 0 Å². The van der Waals surface area contributed by atoms with Gasteiger partial charge in [-0.15, -0.1) is 0 Å². The molecule has 10 heteroatoms. The molecule has 44 heavy (non-hydrogen) atoms. The van der Waals surface area contributed by atoms with Gasteiger partial charge in [-0.2, -0.15) is 0 Å². The minimum Gasteiger partial charge on any atom is -0.492 e. The molecule has 0 atom stereocenters. The van der Waals surface area contributed by atoms with Gasteiger partial charge in [0.1, 0.15) is 18.0 Å². The number of Topliss-reactive ketones (excluding diaryl/α,β-unsaturated/α-hetero) is 1. The number of carbonyl (C=O) groups is 3. The fourth-order valence-electron chi connectivity index (χ4n) is 4.89. The lowest BCUT2D eigenvalue weighted by Crippen LogP contribution is -2.38. The molecular weight excluding hydrogens is 562 g/mol. The molecular formula is C34H43N3O7. The lowest BCUT2D eigenvalue weighted by atomic mass is 9.86. The molecule has 0 radical (unpaired) electrons. The van der Waals surface area contributed by atoms with Crippen molar-refractivity contribution in [3.05, 3.63) is 59.7 Å². The summed E-state index contributed by atoms with van der Waals surface area (Å²) in [6.45, 7) is 15.7. The second-order valence-corrected chi connectivity index (χ2v) is 12.7. The van der Waals surface area contributed by atoms with Crippen LogP contribution in [0.5, 0.6) is 11.5 Å². The Morgan fingerprint density at radius 3 is 2.14 bits per heavy atom. The van der Waals surface area contributed by atoms with Crippen LogP contribution in [0.4, 0.5) is 16.2 Å². The normalized spacial score (nSPS) is 14.2. The van der Waals surface area contributed by atoms with E-state index < -0.39 is 23.4 Å². The van der Waals surface area contributed by atoms with Crippen molar-refractivity contribution in [2.75, 3.05) is 57.2 Å². The minimum absolute atomic E-state index is 0.193. The van der Waals surface area contributed by atoms with Crippen LogP contribution in [-0.2, 0) is 19.7 Å². The van der Waals surface area contributed by atoms with Gasteiger partial charge in [0.15, 0.2) is 5.75 Å². The van der Waals surface area contributed by atoms with Crippen molar-refractivity contribution in [3.63, 3.8) is 0 Å². The molecule has 1 heterocycles. The second kappa shape index (κ2) is 13.7. The Labute approximate surface area is 259 Å². The molecule has 1 aliphatic rings. The first kappa shape index (κ1) is 32.8. The predicted octanol–water partition coefficient (Wildman–Crippen LogP) is 6.03. The second-order valence-electron chi connectivity index (χ2n) is 12.7. The van der Waals surface area contributed by atoms with Crippen LogP contribution in [0.2, 0.25) is 0 Å². The number of rotatable bonds is 9. The molecule has 0 aromatic heterocycles. The number of amides is 2. The number of anilines is 2. The van der Waals surface area contributed by atoms with E-state index in [1.807, 2.05) is 39.0 Å². The Kier molecular flexibility index (Phi) is 10.2. The average Bonchev–Trinajstić information content (AvgIpc) is 2.96. The first-order chi connectivity index (χ1) is 20.8. The summed E-state index contributed by atoms with van der Waals surface area (Å²) in [5.41, 5.74) is 0.535. The average molecular weight is 606 g/mol. The predicted molar refractivity (Wildman–Crippen MR) is 171 cm³/mol. The van der Waals surface area contributed by atoms with E-state index in [1.165, 1.54) is 7.11 Å². The first-order valence-electron chi connectivity index (χ1n) is 14.8. The zero-order valence-corrected chi connectivity index (χ0v) is 26.7. The van der Waals surface area contributed by atoms with Crippen LogP contribution in [0.3, 0.4) is 0 Å². The van der Waals surface area contributed by atoms with Crippen molar-refractivity contribution in [1.82, 2.24) is 4.90 Å². The highest BCUT2D eigenvalue weighted by atomic mass is 16.6. The summed E-state index contributed by atoms with van der Waals surface area (Å²) in [4.78, 5) is 42.0. The maximum absolute atomic E-state index is 13.6. The number of carbonyl (C=O) groups excluding carboxylic acids is 3. The van der Waals surface area contributed by atoms with Gasteiger partial charge >= 0.3 is 6.09 Å². The van der Waals surface area contributed by atoms with Gasteiger partial charge in [0.05, 0.1) is 31.7 Å². The molecule has 236 valence electrons. The third kappa shape index (κ3) is 8.27. The molecule has 0 spiro atoms. The van der Waals surface area contributed by atoms with E-state index in [-0.39, 0.29) is 22.4 Å². The van der Waals surface area contributed by atoms with Crippen molar-refractivity contribution < 1.29 is 33.3 Å². The van der Waals surface area contributed by atoms with E-state index in [4.69, 9.17) is 18.9 Å². The molecule has 1 aliphatic heterocycles. The quantitative estimate of drug-likeness (QED) is 0.225. The number of hydrogen-bond donors (Lipinski definition) is 2. The molecule has 4 rings (SSSR count). The Morgan fingerprint density at radius 2 is 1.52 bits per heavy atom. The van der Waals surface area contributed by atoms with E-state index >= 15 is 0 Å². The van der Waals surface area contributed by atoms with Gasteiger partial charge < -0.3 is 24.3 Å². The largest absolute Gasteiger partial charge is 0.492 e. The Hall–Kier alpha value is -4.15. The molecule has 0 saturated carbocycles. The topological polar surface area (TPSA) is 115 Å². The molecule has 2 amide bonds. The monoisotopic (exact) mass is 605 g/mol. The standard InChI is InChI=1S/C34H43N3O7/c1-33(2,3)22-20-26(30(41-7)27(21-22)36-32(40)44-34(4,5)6)35-31(39)29(38)25-12-13-28(24-11-9-8-10-23(24)25)43-19-16-37-14-17-42-18-15-37/h8-13,20-21H,14-19H2,1-7H3,(H,35,39)(H,36,40). The zero-order chi connectivity index (χ0) is 32.1. The summed E-state index contributed by atoms with van der Waals surface area (Å²) in [6.07, 6.45) is -0.672. The number of fused-ring (bicyclic) bond motifs is 1. The molecule has 10 nitrogen and oxygen atoms in total. The van der Waals surface area contributed by atoms with E-state index in [0.29, 0.717) is 23.4 Å². The Bertz CT molecular complexity index is 1520. The van der Waals surface area contributed by atoms with E-state index in [2.05, 4.69) is 15.5 Å². The summed E-state index contributed by atoms with van der Waals surface area (Å²) in [5.74, 6) is -0.725. The SMILES string of the molecule is COc1c(NC(=O)OC(C)(C)C)cc(C(C)(C)C)cc1NC(=O)C(=O)c1ccc(OCCN2CCOCC2)c2ccccc12. The molecule has 0 unspecified atom stereocenters. The number of benzene rings is 3. The maximum Gasteiger partial charge on any atom is 0.412 e. The molecule has 3 aromatic rings. The van der Waals surface area contributed by atoms with Crippen molar-refractivity contribution in [2.24, 2.45) is 0 Å². The number of nitrogens with one attached hydrogen (secondary N) is 2. The van der Waals surface area contributed by atoms with Crippen LogP contribution in [0.1, 0.15) is 57.5 Å². The van der Waals surface area contributed by atoms with Gasteiger partial charge in [-0.25, -0.2) is 4.79 Å². The summed E-state index contributed by atoms with van der Waals surface area (Å²) in [6, 6.07) is 14.2. The highest BCUT2D eigenvalue weighted by Gasteiger charge is 2.26. The number of ether oxygens (including phenoxy) is 4. The molecule has 0 bridgehead atoms. The third-order valence-electron chi connectivity index (χ3n) is 7.15. The summed E-state index contributed by atoms with van der Waals surface area (Å²) < 4.78 is 22.5.